The molecule has 106 valence electrons. The van der Waals surface area contributed by atoms with Crippen LogP contribution in [0.15, 0.2) is 0 Å². The first-order valence-corrected chi connectivity index (χ1v) is 8.16. The molecule has 0 aromatic heterocycles. The van der Waals surface area contributed by atoms with Crippen LogP contribution in [-0.4, -0.2) is 37.1 Å². The summed E-state index contributed by atoms with van der Waals surface area (Å²) in [6, 6.07) is 0.725. The minimum absolute atomic E-state index is 0.725. The van der Waals surface area contributed by atoms with Gasteiger partial charge in [-0.25, -0.2) is 0 Å². The maximum absolute atomic E-state index is 3.71. The van der Waals surface area contributed by atoms with Crippen molar-refractivity contribution in [3.63, 3.8) is 0 Å². The van der Waals surface area contributed by atoms with Crippen LogP contribution in [0, 0.1) is 17.8 Å². The average molecular weight is 252 g/mol. The SMILES string of the molecule is CCC(C)C1CN(CC2CCCCC2C)CCN1. The van der Waals surface area contributed by atoms with Gasteiger partial charge in [0.25, 0.3) is 0 Å². The van der Waals surface area contributed by atoms with Gasteiger partial charge >= 0.3 is 0 Å². The van der Waals surface area contributed by atoms with Gasteiger partial charge in [-0.15, -0.1) is 0 Å². The lowest BCUT2D eigenvalue weighted by atomic mass is 9.80. The molecule has 1 aliphatic heterocycles. The maximum Gasteiger partial charge on any atom is 0.0221 e. The summed E-state index contributed by atoms with van der Waals surface area (Å²) < 4.78 is 0. The third-order valence-electron chi connectivity index (χ3n) is 5.40. The molecule has 0 radical (unpaired) electrons. The van der Waals surface area contributed by atoms with Gasteiger partial charge in [-0.1, -0.05) is 46.5 Å². The van der Waals surface area contributed by atoms with Gasteiger partial charge in [0.2, 0.25) is 0 Å². The quantitative estimate of drug-likeness (QED) is 0.827. The van der Waals surface area contributed by atoms with Gasteiger partial charge in [0.1, 0.15) is 0 Å². The Morgan fingerprint density at radius 2 is 2.06 bits per heavy atom. The van der Waals surface area contributed by atoms with Crippen molar-refractivity contribution in [1.29, 1.82) is 0 Å². The third kappa shape index (κ3) is 3.71. The standard InChI is InChI=1S/C16H32N2/c1-4-13(2)16-12-18(10-9-17-16)11-15-8-6-5-7-14(15)3/h13-17H,4-12H2,1-3H3. The van der Waals surface area contributed by atoms with Crippen LogP contribution in [0.4, 0.5) is 0 Å². The second kappa shape index (κ2) is 6.91. The molecule has 0 amide bonds. The van der Waals surface area contributed by atoms with Crippen LogP contribution in [0.3, 0.4) is 0 Å². The van der Waals surface area contributed by atoms with E-state index in [9.17, 15) is 0 Å². The fraction of sp³-hybridized carbons (Fsp3) is 1.00. The highest BCUT2D eigenvalue weighted by atomic mass is 15.2. The molecule has 2 nitrogen and oxygen atoms in total. The lowest BCUT2D eigenvalue weighted by molar-refractivity contribution is 0.115. The van der Waals surface area contributed by atoms with E-state index in [-0.39, 0.29) is 0 Å². The molecule has 1 N–H and O–H groups in total. The second-order valence-corrected chi connectivity index (χ2v) is 6.73. The minimum Gasteiger partial charge on any atom is -0.311 e. The largest absolute Gasteiger partial charge is 0.311 e. The molecule has 1 aliphatic carbocycles. The molecule has 0 aromatic rings. The maximum atomic E-state index is 3.71. The zero-order valence-corrected chi connectivity index (χ0v) is 12.6. The molecule has 0 bridgehead atoms. The number of nitrogens with one attached hydrogen (secondary N) is 1. The van der Waals surface area contributed by atoms with E-state index in [1.807, 2.05) is 0 Å². The highest BCUT2D eigenvalue weighted by Gasteiger charge is 2.27. The summed E-state index contributed by atoms with van der Waals surface area (Å²) in [6.45, 7) is 12.3. The van der Waals surface area contributed by atoms with E-state index in [4.69, 9.17) is 0 Å². The van der Waals surface area contributed by atoms with Crippen LogP contribution in [0.25, 0.3) is 0 Å². The number of piperazine rings is 1. The topological polar surface area (TPSA) is 15.3 Å². The van der Waals surface area contributed by atoms with Gasteiger partial charge in [0.15, 0.2) is 0 Å². The second-order valence-electron chi connectivity index (χ2n) is 6.73. The third-order valence-corrected chi connectivity index (χ3v) is 5.40. The first kappa shape index (κ1) is 14.3. The summed E-state index contributed by atoms with van der Waals surface area (Å²) in [4.78, 5) is 2.74. The van der Waals surface area contributed by atoms with Crippen molar-refractivity contribution in [3.8, 4) is 0 Å². The van der Waals surface area contributed by atoms with Gasteiger partial charge in [-0.3, -0.25) is 0 Å². The molecule has 0 spiro atoms. The van der Waals surface area contributed by atoms with Crippen molar-refractivity contribution in [3.05, 3.63) is 0 Å². The lowest BCUT2D eigenvalue weighted by Crippen LogP contribution is -2.54. The summed E-state index contributed by atoms with van der Waals surface area (Å²) in [5.41, 5.74) is 0. The molecule has 2 fully saturated rings. The van der Waals surface area contributed by atoms with Crippen LogP contribution in [0.1, 0.15) is 52.9 Å². The van der Waals surface area contributed by atoms with Crippen LogP contribution in [0.2, 0.25) is 0 Å². The van der Waals surface area contributed by atoms with Crippen LogP contribution in [-0.2, 0) is 0 Å². The van der Waals surface area contributed by atoms with Crippen molar-refractivity contribution in [2.45, 2.75) is 58.9 Å². The zero-order valence-electron chi connectivity index (χ0n) is 12.6. The highest BCUT2D eigenvalue weighted by molar-refractivity contribution is 4.84. The predicted octanol–water partition coefficient (Wildman–Crippen LogP) is 3.13. The van der Waals surface area contributed by atoms with E-state index in [0.717, 1.165) is 23.8 Å². The van der Waals surface area contributed by atoms with E-state index >= 15 is 0 Å². The summed E-state index contributed by atoms with van der Waals surface area (Å²) in [6.07, 6.45) is 7.17. The number of hydrogen-bond acceptors (Lipinski definition) is 2. The molecular weight excluding hydrogens is 220 g/mol. The van der Waals surface area contributed by atoms with Crippen molar-refractivity contribution in [1.82, 2.24) is 10.2 Å². The van der Waals surface area contributed by atoms with Crippen molar-refractivity contribution >= 4 is 0 Å². The molecule has 1 heterocycles. The smallest absolute Gasteiger partial charge is 0.0221 e. The molecule has 0 aromatic carbocycles. The Morgan fingerprint density at radius 3 is 2.78 bits per heavy atom. The zero-order chi connectivity index (χ0) is 13.0. The van der Waals surface area contributed by atoms with Crippen LogP contribution < -0.4 is 5.32 Å². The Labute approximate surface area is 114 Å². The molecule has 1 saturated heterocycles. The Kier molecular flexibility index (Phi) is 5.50. The summed E-state index contributed by atoms with van der Waals surface area (Å²) in [5.74, 6) is 2.74. The number of hydrogen-bond donors (Lipinski definition) is 1. The average Bonchev–Trinajstić information content (AvgIpc) is 2.41. The van der Waals surface area contributed by atoms with Gasteiger partial charge < -0.3 is 10.2 Å². The molecule has 18 heavy (non-hydrogen) atoms. The Bertz CT molecular complexity index is 241. The van der Waals surface area contributed by atoms with E-state index in [2.05, 4.69) is 31.0 Å². The van der Waals surface area contributed by atoms with Gasteiger partial charge in [0.05, 0.1) is 0 Å². The Balaban J connectivity index is 1.81. The van der Waals surface area contributed by atoms with Crippen LogP contribution >= 0.6 is 0 Å². The molecule has 2 rings (SSSR count). The normalized spacial score (nSPS) is 36.5. The molecular formula is C16H32N2. The van der Waals surface area contributed by atoms with Gasteiger partial charge in [-0.2, -0.15) is 0 Å². The van der Waals surface area contributed by atoms with E-state index < -0.39 is 0 Å². The Hall–Kier alpha value is -0.0800. The van der Waals surface area contributed by atoms with Crippen molar-refractivity contribution in [2.75, 3.05) is 26.2 Å². The first-order valence-electron chi connectivity index (χ1n) is 8.16. The van der Waals surface area contributed by atoms with Crippen molar-refractivity contribution in [2.24, 2.45) is 17.8 Å². The summed E-state index contributed by atoms with van der Waals surface area (Å²) in [5, 5.41) is 3.71. The number of rotatable bonds is 4. The van der Waals surface area contributed by atoms with Crippen molar-refractivity contribution < 1.29 is 0 Å². The van der Waals surface area contributed by atoms with Gasteiger partial charge in [0, 0.05) is 32.2 Å². The van der Waals surface area contributed by atoms with E-state index in [1.54, 1.807) is 0 Å². The molecule has 4 unspecified atom stereocenters. The van der Waals surface area contributed by atoms with E-state index in [1.165, 1.54) is 58.3 Å². The van der Waals surface area contributed by atoms with Gasteiger partial charge in [-0.05, 0) is 24.2 Å². The predicted molar refractivity (Wildman–Crippen MR) is 78.8 cm³/mol. The number of nitrogens with zero attached hydrogens (tertiary/aromatic N) is 1. The molecule has 1 saturated carbocycles. The van der Waals surface area contributed by atoms with Crippen LogP contribution in [0.5, 0.6) is 0 Å². The minimum atomic E-state index is 0.725. The summed E-state index contributed by atoms with van der Waals surface area (Å²) >= 11 is 0. The lowest BCUT2D eigenvalue weighted by Gasteiger charge is -2.40. The molecule has 2 aliphatic rings. The monoisotopic (exact) mass is 252 g/mol. The molecule has 2 heteroatoms. The first-order chi connectivity index (χ1) is 8.70. The van der Waals surface area contributed by atoms with E-state index in [0.29, 0.717) is 0 Å². The molecule has 4 atom stereocenters. The fourth-order valence-electron chi connectivity index (χ4n) is 3.67. The highest BCUT2D eigenvalue weighted by Crippen LogP contribution is 2.30. The summed E-state index contributed by atoms with van der Waals surface area (Å²) in [7, 11) is 0. The Morgan fingerprint density at radius 1 is 1.28 bits per heavy atom. The fourth-order valence-corrected chi connectivity index (χ4v) is 3.67.